The van der Waals surface area contributed by atoms with Gasteiger partial charge < -0.3 is 16.2 Å². The van der Waals surface area contributed by atoms with Crippen LogP contribution in [-0.4, -0.2) is 17.1 Å². The predicted molar refractivity (Wildman–Crippen MR) is 127 cm³/mol. The van der Waals surface area contributed by atoms with Crippen LogP contribution in [0.25, 0.3) is 0 Å². The van der Waals surface area contributed by atoms with Crippen molar-refractivity contribution in [1.29, 1.82) is 0 Å². The molecule has 0 aliphatic heterocycles. The Morgan fingerprint density at radius 2 is 1.40 bits per heavy atom. The van der Waals surface area contributed by atoms with Crippen LogP contribution in [0.4, 0.5) is 0 Å². The summed E-state index contributed by atoms with van der Waals surface area (Å²) in [5.41, 5.74) is 7.95. The third kappa shape index (κ3) is 13.8. The van der Waals surface area contributed by atoms with Gasteiger partial charge in [0, 0.05) is 19.5 Å². The Morgan fingerprint density at radius 1 is 0.867 bits per heavy atom. The van der Waals surface area contributed by atoms with Gasteiger partial charge in [0.05, 0.1) is 6.10 Å². The molecule has 4 nitrogen and oxygen atoms in total. The molecule has 4 heteroatoms. The number of aliphatic hydroxyl groups is 1. The molecule has 1 rings (SSSR count). The molecule has 0 heterocycles. The van der Waals surface area contributed by atoms with Crippen molar-refractivity contribution in [3.05, 3.63) is 35.4 Å². The van der Waals surface area contributed by atoms with Crippen LogP contribution in [0.15, 0.2) is 24.3 Å². The van der Waals surface area contributed by atoms with Crippen molar-refractivity contribution in [2.45, 2.75) is 122 Å². The first-order chi connectivity index (χ1) is 14.7. The van der Waals surface area contributed by atoms with Gasteiger partial charge in [0.2, 0.25) is 5.91 Å². The minimum absolute atomic E-state index is 0.0752. The van der Waals surface area contributed by atoms with Crippen LogP contribution in [-0.2, 0) is 17.9 Å². The summed E-state index contributed by atoms with van der Waals surface area (Å²) in [7, 11) is 0. The number of rotatable bonds is 19. The largest absolute Gasteiger partial charge is 0.393 e. The van der Waals surface area contributed by atoms with Crippen molar-refractivity contribution in [3.63, 3.8) is 0 Å². The Hall–Kier alpha value is -1.39. The van der Waals surface area contributed by atoms with Crippen molar-refractivity contribution in [2.24, 2.45) is 5.73 Å². The number of carbonyl (C=O) groups is 1. The fourth-order valence-corrected chi connectivity index (χ4v) is 3.88. The zero-order chi connectivity index (χ0) is 21.9. The first-order valence-corrected chi connectivity index (χ1v) is 12.4. The van der Waals surface area contributed by atoms with Gasteiger partial charge in [-0.15, -0.1) is 0 Å². The van der Waals surface area contributed by atoms with Gasteiger partial charge >= 0.3 is 0 Å². The summed E-state index contributed by atoms with van der Waals surface area (Å²) >= 11 is 0. The monoisotopic (exact) mass is 418 g/mol. The summed E-state index contributed by atoms with van der Waals surface area (Å²) in [4.78, 5) is 12.0. The first-order valence-electron chi connectivity index (χ1n) is 12.4. The summed E-state index contributed by atoms with van der Waals surface area (Å²) in [6.07, 6.45) is 17.1. The third-order valence-electron chi connectivity index (χ3n) is 5.90. The zero-order valence-electron chi connectivity index (χ0n) is 19.3. The Balaban J connectivity index is 1.87. The van der Waals surface area contributed by atoms with Gasteiger partial charge in [0.15, 0.2) is 0 Å². The van der Waals surface area contributed by atoms with E-state index in [9.17, 15) is 9.90 Å². The van der Waals surface area contributed by atoms with E-state index in [2.05, 4.69) is 12.2 Å². The quantitative estimate of drug-likeness (QED) is 0.241. The third-order valence-corrected chi connectivity index (χ3v) is 5.90. The molecular weight excluding hydrogens is 372 g/mol. The lowest BCUT2D eigenvalue weighted by Gasteiger charge is -2.09. The normalized spacial score (nSPS) is 12.1. The molecule has 1 amide bonds. The molecule has 0 saturated carbocycles. The van der Waals surface area contributed by atoms with E-state index in [1.165, 1.54) is 57.8 Å². The maximum atomic E-state index is 12.0. The van der Waals surface area contributed by atoms with Crippen molar-refractivity contribution < 1.29 is 9.90 Å². The Bertz CT molecular complexity index is 548. The van der Waals surface area contributed by atoms with E-state index >= 15 is 0 Å². The number of hydrogen-bond acceptors (Lipinski definition) is 3. The van der Waals surface area contributed by atoms with Gasteiger partial charge in [-0.3, -0.25) is 4.79 Å². The minimum Gasteiger partial charge on any atom is -0.393 e. The summed E-state index contributed by atoms with van der Waals surface area (Å²) in [6.45, 7) is 3.26. The van der Waals surface area contributed by atoms with E-state index in [0.29, 0.717) is 19.5 Å². The molecule has 0 aromatic heterocycles. The smallest absolute Gasteiger partial charge is 0.220 e. The molecule has 0 saturated heterocycles. The van der Waals surface area contributed by atoms with E-state index < -0.39 is 0 Å². The lowest BCUT2D eigenvalue weighted by Crippen LogP contribution is -2.23. The number of carbonyl (C=O) groups excluding carboxylic acids is 1. The molecule has 172 valence electrons. The van der Waals surface area contributed by atoms with Gasteiger partial charge in [0.1, 0.15) is 0 Å². The SMILES string of the molecule is CCCCC(O)CCCCCCCCCCCCC(=O)NCc1ccccc1CN. The van der Waals surface area contributed by atoms with Crippen LogP contribution in [0.1, 0.15) is 114 Å². The van der Waals surface area contributed by atoms with E-state index in [0.717, 1.165) is 43.2 Å². The number of nitrogens with one attached hydrogen (secondary N) is 1. The maximum absolute atomic E-state index is 12.0. The molecule has 0 fully saturated rings. The van der Waals surface area contributed by atoms with Gasteiger partial charge in [0.25, 0.3) is 0 Å². The fourth-order valence-electron chi connectivity index (χ4n) is 3.88. The summed E-state index contributed by atoms with van der Waals surface area (Å²) in [6, 6.07) is 8.01. The number of aliphatic hydroxyl groups excluding tert-OH is 1. The van der Waals surface area contributed by atoms with Gasteiger partial charge in [-0.25, -0.2) is 0 Å². The van der Waals surface area contributed by atoms with E-state index in [1.54, 1.807) is 0 Å². The molecule has 0 radical (unpaired) electrons. The van der Waals surface area contributed by atoms with E-state index in [1.807, 2.05) is 24.3 Å². The lowest BCUT2D eigenvalue weighted by molar-refractivity contribution is -0.121. The molecule has 1 atom stereocenters. The Kier molecular flexibility index (Phi) is 16.3. The van der Waals surface area contributed by atoms with E-state index in [4.69, 9.17) is 5.73 Å². The molecule has 0 aliphatic rings. The average Bonchev–Trinajstić information content (AvgIpc) is 2.77. The number of amides is 1. The van der Waals surface area contributed by atoms with Crippen LogP contribution in [0.2, 0.25) is 0 Å². The van der Waals surface area contributed by atoms with Gasteiger partial charge in [-0.05, 0) is 30.4 Å². The van der Waals surface area contributed by atoms with E-state index in [-0.39, 0.29) is 12.0 Å². The molecule has 1 aromatic carbocycles. The minimum atomic E-state index is -0.0752. The summed E-state index contributed by atoms with van der Waals surface area (Å²) in [5, 5.41) is 12.8. The molecule has 0 aliphatic carbocycles. The first kappa shape index (κ1) is 26.6. The number of hydrogen-bond donors (Lipinski definition) is 3. The highest BCUT2D eigenvalue weighted by atomic mass is 16.3. The van der Waals surface area contributed by atoms with Crippen LogP contribution in [0.3, 0.4) is 0 Å². The van der Waals surface area contributed by atoms with Crippen LogP contribution >= 0.6 is 0 Å². The summed E-state index contributed by atoms with van der Waals surface area (Å²) in [5.74, 6) is 0.140. The highest BCUT2D eigenvalue weighted by molar-refractivity contribution is 5.75. The van der Waals surface area contributed by atoms with Gasteiger partial charge in [-0.1, -0.05) is 102 Å². The molecule has 0 bridgehead atoms. The zero-order valence-corrected chi connectivity index (χ0v) is 19.3. The maximum Gasteiger partial charge on any atom is 0.220 e. The molecule has 1 unspecified atom stereocenters. The second kappa shape index (κ2) is 18.4. The fraction of sp³-hybridized carbons (Fsp3) is 0.731. The van der Waals surface area contributed by atoms with Crippen LogP contribution in [0.5, 0.6) is 0 Å². The van der Waals surface area contributed by atoms with Crippen molar-refractivity contribution in [2.75, 3.05) is 0 Å². The topological polar surface area (TPSA) is 75.3 Å². The van der Waals surface area contributed by atoms with Crippen LogP contribution < -0.4 is 11.1 Å². The lowest BCUT2D eigenvalue weighted by atomic mass is 10.0. The van der Waals surface area contributed by atoms with Crippen molar-refractivity contribution >= 4 is 5.91 Å². The second-order valence-electron chi connectivity index (χ2n) is 8.62. The van der Waals surface area contributed by atoms with Crippen molar-refractivity contribution in [1.82, 2.24) is 5.32 Å². The van der Waals surface area contributed by atoms with Crippen molar-refractivity contribution in [3.8, 4) is 0 Å². The van der Waals surface area contributed by atoms with Gasteiger partial charge in [-0.2, -0.15) is 0 Å². The molecule has 30 heavy (non-hydrogen) atoms. The molecule has 4 N–H and O–H groups in total. The number of benzene rings is 1. The average molecular weight is 419 g/mol. The highest BCUT2D eigenvalue weighted by Crippen LogP contribution is 2.14. The Labute approximate surface area is 185 Å². The molecule has 0 spiro atoms. The van der Waals surface area contributed by atoms with Crippen LogP contribution in [0, 0.1) is 0 Å². The molecular formula is C26H46N2O2. The second-order valence-corrected chi connectivity index (χ2v) is 8.62. The number of nitrogens with two attached hydrogens (primary N) is 1. The summed E-state index contributed by atoms with van der Waals surface area (Å²) < 4.78 is 0. The Morgan fingerprint density at radius 3 is 2.00 bits per heavy atom. The number of unbranched alkanes of at least 4 members (excludes halogenated alkanes) is 10. The molecule has 1 aromatic rings. The predicted octanol–water partition coefficient (Wildman–Crippen LogP) is 5.99. The standard InChI is InChI=1S/C26H46N2O2/c1-2-3-18-25(29)19-12-10-8-6-4-5-7-9-11-13-20-26(30)28-22-24-17-15-14-16-23(24)21-27/h14-17,25,29H,2-13,18-22,27H2,1H3,(H,28,30). The highest BCUT2D eigenvalue weighted by Gasteiger charge is 2.04.